The molecular formula is C25H29N3O3. The number of benzene rings is 2. The number of hydrogen-bond acceptors (Lipinski definition) is 5. The summed E-state index contributed by atoms with van der Waals surface area (Å²) in [5.74, 6) is -0.628. The maximum atomic E-state index is 12.5. The average molecular weight is 420 g/mol. The predicted octanol–water partition coefficient (Wildman–Crippen LogP) is 3.28. The lowest BCUT2D eigenvalue weighted by atomic mass is 10.0. The van der Waals surface area contributed by atoms with Gasteiger partial charge < -0.3 is 5.32 Å². The van der Waals surface area contributed by atoms with Crippen LogP contribution in [0.25, 0.3) is 12.2 Å². The zero-order chi connectivity index (χ0) is 22.2. The van der Waals surface area contributed by atoms with E-state index in [9.17, 15) is 9.59 Å². The number of amides is 1. The SMILES string of the molecule is C[C@@H]1CN(Cc2ccc(C(=O)/C=C/c3ccc(/C=C/C(=O)NO)cc3)cc2)C[C@H](C)N1. The molecule has 0 bridgehead atoms. The topological polar surface area (TPSA) is 81.7 Å². The maximum absolute atomic E-state index is 12.5. The number of nitrogens with zero attached hydrogens (tertiary/aromatic N) is 1. The first kappa shape index (κ1) is 22.6. The molecule has 31 heavy (non-hydrogen) atoms. The van der Waals surface area contributed by atoms with E-state index in [-0.39, 0.29) is 5.78 Å². The molecule has 3 rings (SSSR count). The summed E-state index contributed by atoms with van der Waals surface area (Å²) in [6.45, 7) is 7.35. The van der Waals surface area contributed by atoms with E-state index in [1.165, 1.54) is 11.6 Å². The van der Waals surface area contributed by atoms with Crippen LogP contribution in [-0.4, -0.2) is 47.0 Å². The number of piperazine rings is 1. The Morgan fingerprint density at radius 3 is 2.06 bits per heavy atom. The molecule has 1 fully saturated rings. The summed E-state index contributed by atoms with van der Waals surface area (Å²) in [7, 11) is 0. The van der Waals surface area contributed by atoms with Crippen LogP contribution in [-0.2, 0) is 11.3 Å². The lowest BCUT2D eigenvalue weighted by Gasteiger charge is -2.36. The quantitative estimate of drug-likeness (QED) is 0.278. The minimum Gasteiger partial charge on any atom is -0.309 e. The van der Waals surface area contributed by atoms with Crippen molar-refractivity contribution in [2.75, 3.05) is 13.1 Å². The van der Waals surface area contributed by atoms with Crippen LogP contribution >= 0.6 is 0 Å². The second kappa shape index (κ2) is 10.8. The number of carbonyl (C=O) groups is 2. The van der Waals surface area contributed by atoms with Crippen LogP contribution < -0.4 is 10.8 Å². The zero-order valence-electron chi connectivity index (χ0n) is 17.9. The van der Waals surface area contributed by atoms with Crippen molar-refractivity contribution in [1.29, 1.82) is 0 Å². The first-order chi connectivity index (χ1) is 14.9. The fraction of sp³-hybridized carbons (Fsp3) is 0.280. The Hall–Kier alpha value is -3.06. The smallest absolute Gasteiger partial charge is 0.267 e. The van der Waals surface area contributed by atoms with Gasteiger partial charge in [-0.05, 0) is 42.7 Å². The van der Waals surface area contributed by atoms with E-state index >= 15 is 0 Å². The molecule has 0 saturated carbocycles. The van der Waals surface area contributed by atoms with Gasteiger partial charge in [-0.15, -0.1) is 0 Å². The van der Waals surface area contributed by atoms with Gasteiger partial charge in [-0.25, -0.2) is 5.48 Å². The highest BCUT2D eigenvalue weighted by molar-refractivity contribution is 6.06. The number of carbonyl (C=O) groups excluding carboxylic acids is 2. The van der Waals surface area contributed by atoms with Gasteiger partial charge in [0.25, 0.3) is 5.91 Å². The van der Waals surface area contributed by atoms with E-state index in [1.807, 2.05) is 48.5 Å². The molecule has 0 unspecified atom stereocenters. The van der Waals surface area contributed by atoms with Gasteiger partial charge >= 0.3 is 0 Å². The fourth-order valence-electron chi connectivity index (χ4n) is 3.80. The van der Waals surface area contributed by atoms with Gasteiger partial charge in [0.2, 0.25) is 0 Å². The van der Waals surface area contributed by atoms with Crippen LogP contribution in [0.1, 0.15) is 40.9 Å². The van der Waals surface area contributed by atoms with Crippen LogP contribution in [0.5, 0.6) is 0 Å². The van der Waals surface area contributed by atoms with Crippen molar-refractivity contribution in [3.8, 4) is 0 Å². The van der Waals surface area contributed by atoms with E-state index in [4.69, 9.17) is 5.21 Å². The molecule has 0 spiro atoms. The summed E-state index contributed by atoms with van der Waals surface area (Å²) in [6.07, 6.45) is 6.17. The Labute approximate surface area is 183 Å². The number of rotatable bonds is 7. The molecule has 6 nitrogen and oxygen atoms in total. The predicted molar refractivity (Wildman–Crippen MR) is 123 cm³/mol. The second-order valence-corrected chi connectivity index (χ2v) is 8.03. The van der Waals surface area contributed by atoms with Crippen LogP contribution in [0.4, 0.5) is 0 Å². The first-order valence-corrected chi connectivity index (χ1v) is 10.4. The van der Waals surface area contributed by atoms with Crippen LogP contribution in [0, 0.1) is 0 Å². The van der Waals surface area contributed by atoms with Gasteiger partial charge in [-0.2, -0.15) is 0 Å². The molecule has 1 aliphatic heterocycles. The second-order valence-electron chi connectivity index (χ2n) is 8.03. The van der Waals surface area contributed by atoms with Crippen molar-refractivity contribution < 1.29 is 14.8 Å². The summed E-state index contributed by atoms with van der Waals surface area (Å²) in [6, 6.07) is 16.2. The van der Waals surface area contributed by atoms with Crippen LogP contribution in [0.3, 0.4) is 0 Å². The molecule has 1 heterocycles. The summed E-state index contributed by atoms with van der Waals surface area (Å²) < 4.78 is 0. The molecule has 1 amide bonds. The van der Waals surface area contributed by atoms with E-state index in [2.05, 4.69) is 24.1 Å². The number of nitrogens with one attached hydrogen (secondary N) is 2. The van der Waals surface area contributed by atoms with Crippen LogP contribution in [0.15, 0.2) is 60.7 Å². The minimum absolute atomic E-state index is 0.0421. The molecule has 6 heteroatoms. The third kappa shape index (κ3) is 7.00. The third-order valence-corrected chi connectivity index (χ3v) is 5.18. The molecule has 3 N–H and O–H groups in total. The van der Waals surface area contributed by atoms with Gasteiger partial charge in [0.1, 0.15) is 0 Å². The lowest BCUT2D eigenvalue weighted by Crippen LogP contribution is -2.53. The molecule has 0 radical (unpaired) electrons. The number of hydrogen-bond donors (Lipinski definition) is 3. The van der Waals surface area contributed by atoms with E-state index < -0.39 is 5.91 Å². The largest absolute Gasteiger partial charge is 0.309 e. The van der Waals surface area contributed by atoms with Crippen molar-refractivity contribution in [2.24, 2.45) is 0 Å². The van der Waals surface area contributed by atoms with Gasteiger partial charge in [-0.3, -0.25) is 19.7 Å². The maximum Gasteiger partial charge on any atom is 0.267 e. The molecule has 2 atom stereocenters. The normalized spacial score (nSPS) is 19.7. The molecule has 2 aromatic carbocycles. The Morgan fingerprint density at radius 1 is 0.968 bits per heavy atom. The monoisotopic (exact) mass is 419 g/mol. The highest BCUT2D eigenvalue weighted by atomic mass is 16.5. The molecule has 0 aliphatic carbocycles. The number of hydroxylamine groups is 1. The van der Waals surface area contributed by atoms with E-state index in [1.54, 1.807) is 23.7 Å². The fourth-order valence-corrected chi connectivity index (χ4v) is 3.80. The van der Waals surface area contributed by atoms with Gasteiger partial charge in [-0.1, -0.05) is 54.6 Å². The lowest BCUT2D eigenvalue weighted by molar-refractivity contribution is -0.124. The zero-order valence-corrected chi connectivity index (χ0v) is 17.9. The van der Waals surface area contributed by atoms with Gasteiger partial charge in [0.15, 0.2) is 5.78 Å². The molecule has 1 saturated heterocycles. The molecule has 1 aliphatic rings. The Bertz CT molecular complexity index is 939. The summed E-state index contributed by atoms with van der Waals surface area (Å²) in [5.41, 5.74) is 5.12. The van der Waals surface area contributed by atoms with Crippen molar-refractivity contribution in [3.05, 3.63) is 82.9 Å². The standard InChI is InChI=1S/C25H29N3O3/c1-18-15-28(16-19(2)26-18)17-22-7-11-23(12-8-22)24(29)13-9-20-3-5-21(6-4-20)10-14-25(30)27-31/h3-14,18-19,26,31H,15-17H2,1-2H3,(H,27,30)/b13-9+,14-10+/t18-,19+. The Morgan fingerprint density at radius 2 is 1.52 bits per heavy atom. The van der Waals surface area contributed by atoms with Crippen LogP contribution in [0.2, 0.25) is 0 Å². The van der Waals surface area contributed by atoms with E-state index in [0.717, 1.165) is 30.8 Å². The van der Waals surface area contributed by atoms with Gasteiger partial charge in [0, 0.05) is 43.4 Å². The summed E-state index contributed by atoms with van der Waals surface area (Å²) in [4.78, 5) is 25.9. The van der Waals surface area contributed by atoms with Crippen molar-refractivity contribution in [1.82, 2.24) is 15.7 Å². The Balaban J connectivity index is 1.56. The first-order valence-electron chi connectivity index (χ1n) is 10.4. The van der Waals surface area contributed by atoms with Crippen molar-refractivity contribution in [2.45, 2.75) is 32.5 Å². The minimum atomic E-state index is -0.586. The summed E-state index contributed by atoms with van der Waals surface area (Å²) >= 11 is 0. The average Bonchev–Trinajstić information content (AvgIpc) is 2.76. The molecular weight excluding hydrogens is 390 g/mol. The number of ketones is 1. The van der Waals surface area contributed by atoms with E-state index in [0.29, 0.717) is 17.6 Å². The molecule has 162 valence electrons. The third-order valence-electron chi connectivity index (χ3n) is 5.18. The highest BCUT2D eigenvalue weighted by Crippen LogP contribution is 2.13. The molecule has 0 aromatic heterocycles. The summed E-state index contributed by atoms with van der Waals surface area (Å²) in [5, 5.41) is 12.0. The van der Waals surface area contributed by atoms with Gasteiger partial charge in [0.05, 0.1) is 0 Å². The Kier molecular flexibility index (Phi) is 7.89. The molecule has 2 aromatic rings. The van der Waals surface area contributed by atoms with Crippen molar-refractivity contribution in [3.63, 3.8) is 0 Å². The number of allylic oxidation sites excluding steroid dienone is 1. The van der Waals surface area contributed by atoms with Crippen molar-refractivity contribution >= 4 is 23.8 Å². The highest BCUT2D eigenvalue weighted by Gasteiger charge is 2.20.